The number of morpholine rings is 1. The molecule has 31 heavy (non-hydrogen) atoms. The number of quaternary nitrogens is 1. The summed E-state index contributed by atoms with van der Waals surface area (Å²) in [4.78, 5) is 16.3. The van der Waals surface area contributed by atoms with E-state index in [1.807, 2.05) is 41.3 Å². The highest BCUT2D eigenvalue weighted by Crippen LogP contribution is 2.29. The zero-order valence-corrected chi connectivity index (χ0v) is 18.2. The molecule has 1 aromatic heterocycles. The molecule has 8 heteroatoms. The van der Waals surface area contributed by atoms with E-state index in [0.717, 1.165) is 68.2 Å². The first-order chi connectivity index (χ1) is 15.3. The summed E-state index contributed by atoms with van der Waals surface area (Å²) in [5, 5.41) is 9.72. The Hall–Kier alpha value is -2.68. The van der Waals surface area contributed by atoms with Gasteiger partial charge < -0.3 is 14.5 Å². The molecule has 0 bridgehead atoms. The zero-order valence-electron chi connectivity index (χ0n) is 17.4. The van der Waals surface area contributed by atoms with E-state index in [2.05, 4.69) is 33.0 Å². The molecule has 1 fully saturated rings. The highest BCUT2D eigenvalue weighted by atomic mass is 32.2. The van der Waals surface area contributed by atoms with Crippen molar-refractivity contribution < 1.29 is 14.4 Å². The third-order valence-corrected chi connectivity index (χ3v) is 6.75. The number of rotatable bonds is 6. The summed E-state index contributed by atoms with van der Waals surface area (Å²) in [6, 6.07) is 18.3. The fourth-order valence-corrected chi connectivity index (χ4v) is 5.05. The maximum atomic E-state index is 13.0. The predicted octanol–water partition coefficient (Wildman–Crippen LogP) is 1.36. The first-order valence-corrected chi connectivity index (χ1v) is 11.7. The maximum absolute atomic E-state index is 13.0. The van der Waals surface area contributed by atoms with Crippen molar-refractivity contribution >= 4 is 23.4 Å². The van der Waals surface area contributed by atoms with Crippen LogP contribution in [0.15, 0.2) is 59.8 Å². The summed E-state index contributed by atoms with van der Waals surface area (Å²) in [6.07, 6.45) is 0.916. The molecule has 1 N–H and O–H groups in total. The number of carbonyl (C=O) groups excluding carboxylic acids is 1. The van der Waals surface area contributed by atoms with Gasteiger partial charge in [0.2, 0.25) is 5.91 Å². The van der Waals surface area contributed by atoms with Gasteiger partial charge in [0.1, 0.15) is 19.6 Å². The molecule has 0 aliphatic carbocycles. The molecule has 0 spiro atoms. The lowest BCUT2D eigenvalue weighted by Crippen LogP contribution is -3.12. The fraction of sp³-hybridized carbons (Fsp3) is 0.348. The predicted molar refractivity (Wildman–Crippen MR) is 120 cm³/mol. The molecule has 1 saturated heterocycles. The summed E-state index contributed by atoms with van der Waals surface area (Å²) in [7, 11) is 0. The van der Waals surface area contributed by atoms with Gasteiger partial charge in [0.05, 0.1) is 19.0 Å². The Balaban J connectivity index is 1.34. The van der Waals surface area contributed by atoms with Crippen LogP contribution < -0.4 is 9.80 Å². The normalized spacial score (nSPS) is 16.5. The van der Waals surface area contributed by atoms with Gasteiger partial charge in [-0.05, 0) is 30.2 Å². The second-order valence-corrected chi connectivity index (χ2v) is 8.76. The third kappa shape index (κ3) is 4.37. The van der Waals surface area contributed by atoms with Gasteiger partial charge in [-0.1, -0.05) is 48.2 Å². The molecule has 0 atom stereocenters. The summed E-state index contributed by atoms with van der Waals surface area (Å²) < 4.78 is 7.58. The molecule has 3 heterocycles. The van der Waals surface area contributed by atoms with Gasteiger partial charge >= 0.3 is 0 Å². The van der Waals surface area contributed by atoms with E-state index in [4.69, 9.17) is 4.74 Å². The molecule has 1 amide bonds. The largest absolute Gasteiger partial charge is 0.370 e. The van der Waals surface area contributed by atoms with E-state index in [9.17, 15) is 4.79 Å². The lowest BCUT2D eigenvalue weighted by atomic mass is 10.2. The smallest absolute Gasteiger partial charge is 0.237 e. The number of benzene rings is 2. The van der Waals surface area contributed by atoms with Crippen molar-refractivity contribution in [3.05, 3.63) is 66.0 Å². The molecule has 2 aliphatic heterocycles. The lowest BCUT2D eigenvalue weighted by Gasteiger charge is -2.23. The number of anilines is 1. The quantitative estimate of drug-likeness (QED) is 0.592. The van der Waals surface area contributed by atoms with Gasteiger partial charge in [-0.25, -0.2) is 0 Å². The number of nitrogens with one attached hydrogen (secondary N) is 1. The highest BCUT2D eigenvalue weighted by Gasteiger charge is 2.26. The molecule has 2 aromatic carbocycles. The summed E-state index contributed by atoms with van der Waals surface area (Å²) in [5.74, 6) is 1.37. The monoisotopic (exact) mass is 436 g/mol. The zero-order chi connectivity index (χ0) is 21.0. The van der Waals surface area contributed by atoms with E-state index >= 15 is 0 Å². The number of hydrogen-bond acceptors (Lipinski definition) is 5. The van der Waals surface area contributed by atoms with Gasteiger partial charge in [0, 0.05) is 17.9 Å². The SMILES string of the molecule is O=C(CSc1nnc(C[NH+]2CCOCC2)n1-c1ccccc1)N1CCc2ccccc21. The van der Waals surface area contributed by atoms with Crippen LogP contribution in [0, 0.1) is 0 Å². The summed E-state index contributed by atoms with van der Waals surface area (Å²) in [6.45, 7) is 5.04. The maximum Gasteiger partial charge on any atom is 0.237 e. The number of hydrogen-bond donors (Lipinski definition) is 1. The van der Waals surface area contributed by atoms with E-state index in [0.29, 0.717) is 5.75 Å². The minimum absolute atomic E-state index is 0.109. The van der Waals surface area contributed by atoms with E-state index in [1.165, 1.54) is 22.2 Å². The summed E-state index contributed by atoms with van der Waals surface area (Å²) in [5.41, 5.74) is 3.30. The Labute approximate surface area is 186 Å². The number of fused-ring (bicyclic) bond motifs is 1. The molecule has 0 radical (unpaired) electrons. The van der Waals surface area contributed by atoms with Crippen molar-refractivity contribution in [2.75, 3.05) is 43.5 Å². The fourth-order valence-electron chi connectivity index (χ4n) is 4.21. The average Bonchev–Trinajstić information content (AvgIpc) is 3.43. The van der Waals surface area contributed by atoms with Gasteiger partial charge in [-0.15, -0.1) is 10.2 Å². The van der Waals surface area contributed by atoms with Crippen molar-refractivity contribution in [1.82, 2.24) is 14.8 Å². The van der Waals surface area contributed by atoms with Crippen molar-refractivity contribution in [3.8, 4) is 5.69 Å². The van der Waals surface area contributed by atoms with E-state index in [1.54, 1.807) is 0 Å². The first kappa shape index (κ1) is 20.2. The third-order valence-electron chi connectivity index (χ3n) is 5.84. The number of ether oxygens (including phenoxy) is 1. The van der Waals surface area contributed by atoms with Gasteiger partial charge in [-0.2, -0.15) is 0 Å². The molecular weight excluding hydrogens is 410 g/mol. The van der Waals surface area contributed by atoms with Crippen molar-refractivity contribution in [3.63, 3.8) is 0 Å². The van der Waals surface area contributed by atoms with Crippen LogP contribution in [0.5, 0.6) is 0 Å². The minimum atomic E-state index is 0.109. The molecule has 2 aliphatic rings. The average molecular weight is 437 g/mol. The van der Waals surface area contributed by atoms with Crippen LogP contribution in [0.4, 0.5) is 5.69 Å². The number of carbonyl (C=O) groups is 1. The van der Waals surface area contributed by atoms with Crippen LogP contribution in [-0.2, 0) is 22.5 Å². The molecule has 160 valence electrons. The van der Waals surface area contributed by atoms with Crippen LogP contribution in [0.3, 0.4) is 0 Å². The van der Waals surface area contributed by atoms with Crippen molar-refractivity contribution in [1.29, 1.82) is 0 Å². The second kappa shape index (κ2) is 9.21. The van der Waals surface area contributed by atoms with Gasteiger partial charge in [-0.3, -0.25) is 9.36 Å². The van der Waals surface area contributed by atoms with Crippen molar-refractivity contribution in [2.45, 2.75) is 18.1 Å². The summed E-state index contributed by atoms with van der Waals surface area (Å²) >= 11 is 1.46. The van der Waals surface area contributed by atoms with Crippen LogP contribution in [0.2, 0.25) is 0 Å². The number of nitrogens with zero attached hydrogens (tertiary/aromatic N) is 4. The standard InChI is InChI=1S/C23H25N5O2S/c29-22(27-11-10-18-6-4-5-9-20(18)27)17-31-23-25-24-21(16-26-12-14-30-15-13-26)28(23)19-7-2-1-3-8-19/h1-9H,10-17H2/p+1. The Morgan fingerprint density at radius 2 is 1.81 bits per heavy atom. The van der Waals surface area contributed by atoms with Crippen molar-refractivity contribution in [2.24, 2.45) is 0 Å². The van der Waals surface area contributed by atoms with E-state index in [-0.39, 0.29) is 5.91 Å². The van der Waals surface area contributed by atoms with Crippen LogP contribution >= 0.6 is 11.8 Å². The number of amides is 1. The molecule has 7 nitrogen and oxygen atoms in total. The lowest BCUT2D eigenvalue weighted by molar-refractivity contribution is -0.922. The molecule has 0 unspecified atom stereocenters. The molecule has 0 saturated carbocycles. The van der Waals surface area contributed by atoms with Crippen LogP contribution in [-0.4, -0.2) is 59.3 Å². The van der Waals surface area contributed by atoms with Crippen LogP contribution in [0.1, 0.15) is 11.4 Å². The molecule has 5 rings (SSSR count). The Kier molecular flexibility index (Phi) is 6.01. The number of para-hydroxylation sites is 2. The Morgan fingerprint density at radius 3 is 2.65 bits per heavy atom. The topological polar surface area (TPSA) is 64.7 Å². The number of thioether (sulfide) groups is 1. The number of aromatic nitrogens is 3. The molecule has 3 aromatic rings. The highest BCUT2D eigenvalue weighted by molar-refractivity contribution is 7.99. The minimum Gasteiger partial charge on any atom is -0.370 e. The Bertz CT molecular complexity index is 1050. The Morgan fingerprint density at radius 1 is 1.03 bits per heavy atom. The molecular formula is C23H26N5O2S+. The van der Waals surface area contributed by atoms with Crippen LogP contribution in [0.25, 0.3) is 5.69 Å². The van der Waals surface area contributed by atoms with E-state index < -0.39 is 0 Å². The van der Waals surface area contributed by atoms with Gasteiger partial charge in [0.15, 0.2) is 11.0 Å². The first-order valence-electron chi connectivity index (χ1n) is 10.7. The second-order valence-electron chi connectivity index (χ2n) is 7.82. The van der Waals surface area contributed by atoms with Gasteiger partial charge in [0.25, 0.3) is 0 Å².